The predicted octanol–water partition coefficient (Wildman–Crippen LogP) is 6.87. The van der Waals surface area contributed by atoms with Gasteiger partial charge in [0, 0.05) is 26.1 Å². The van der Waals surface area contributed by atoms with Crippen LogP contribution in [0.4, 0.5) is 0 Å². The minimum Gasteiger partial charge on any atom is -0.459 e. The molecule has 0 amide bonds. The van der Waals surface area contributed by atoms with Crippen LogP contribution in [-0.4, -0.2) is 81.5 Å². The van der Waals surface area contributed by atoms with E-state index in [2.05, 4.69) is 44.7 Å². The average Bonchev–Trinajstić information content (AvgIpc) is 3.01. The van der Waals surface area contributed by atoms with Crippen LogP contribution in [0.2, 0.25) is 0 Å². The number of methoxy groups -OCH3 is 1. The van der Waals surface area contributed by atoms with Gasteiger partial charge in [0.05, 0.1) is 29.4 Å². The van der Waals surface area contributed by atoms with Crippen LogP contribution in [0.3, 0.4) is 0 Å². The molecule has 0 aromatic rings. The summed E-state index contributed by atoms with van der Waals surface area (Å²) in [5, 5.41) is 45.0. The highest BCUT2D eigenvalue weighted by molar-refractivity contribution is 5.88. The zero-order chi connectivity index (χ0) is 36.6. The molecule has 0 aromatic carbocycles. The summed E-state index contributed by atoms with van der Waals surface area (Å²) in [6, 6.07) is 0. The molecule has 2 rings (SSSR count). The molecule has 2 heterocycles. The van der Waals surface area contributed by atoms with Crippen molar-refractivity contribution in [2.24, 2.45) is 40.2 Å². The fraction of sp³-hybridized carbons (Fsp3) is 0.892. The molecule has 2 fully saturated rings. The van der Waals surface area contributed by atoms with Crippen molar-refractivity contribution in [1.82, 2.24) is 0 Å². The van der Waals surface area contributed by atoms with Crippen LogP contribution in [0, 0.1) is 46.8 Å². The number of rotatable bonds is 2. The molecule has 0 aromatic heterocycles. The lowest BCUT2D eigenvalue weighted by atomic mass is 9.69. The van der Waals surface area contributed by atoms with Crippen molar-refractivity contribution in [2.45, 2.75) is 165 Å². The Labute approximate surface area is 281 Å². The molecule has 2 saturated heterocycles. The second-order valence-electron chi connectivity index (χ2n) is 14.2. The van der Waals surface area contributed by atoms with Gasteiger partial charge in [0.15, 0.2) is 0 Å². The van der Waals surface area contributed by atoms with Gasteiger partial charge in [-0.3, -0.25) is 4.79 Å². The Bertz CT molecular complexity index is 949. The van der Waals surface area contributed by atoms with Crippen molar-refractivity contribution in [3.63, 3.8) is 0 Å². The first-order valence-corrected chi connectivity index (χ1v) is 17.2. The van der Waals surface area contributed by atoms with Gasteiger partial charge in [-0.2, -0.15) is 0 Å². The van der Waals surface area contributed by atoms with E-state index in [1.54, 1.807) is 14.0 Å². The third-order valence-electron chi connectivity index (χ3n) is 10.00. The first-order chi connectivity index (χ1) is 21.2. The molecule has 0 spiro atoms. The summed E-state index contributed by atoms with van der Waals surface area (Å²) in [5.74, 6) is 4.44. The highest BCUT2D eigenvalue weighted by Crippen LogP contribution is 2.39. The van der Waals surface area contributed by atoms with Gasteiger partial charge in [0.2, 0.25) is 0 Å². The number of hydrogen-bond acceptors (Lipinski definition) is 9. The quantitative estimate of drug-likeness (QED) is 0.109. The number of aliphatic hydroxyl groups excluding tert-OH is 2. The summed E-state index contributed by atoms with van der Waals surface area (Å²) in [6.45, 7) is 29.6. The van der Waals surface area contributed by atoms with Crippen LogP contribution in [0.5, 0.6) is 0 Å². The van der Waals surface area contributed by atoms with Crippen LogP contribution < -0.4 is 0 Å². The molecule has 0 radical (unpaired) electrons. The van der Waals surface area contributed by atoms with E-state index in [4.69, 9.17) is 14.2 Å². The second-order valence-corrected chi connectivity index (χ2v) is 14.2. The van der Waals surface area contributed by atoms with Crippen molar-refractivity contribution in [3.05, 3.63) is 0 Å². The van der Waals surface area contributed by atoms with Crippen molar-refractivity contribution >= 4 is 11.7 Å². The van der Waals surface area contributed by atoms with Gasteiger partial charge in [-0.25, -0.2) is 0 Å². The molecule has 0 bridgehead atoms. The number of aliphatic hydroxyl groups is 3. The summed E-state index contributed by atoms with van der Waals surface area (Å²) >= 11 is 0. The molecule has 0 saturated carbocycles. The number of oxime groups is 1. The summed E-state index contributed by atoms with van der Waals surface area (Å²) < 4.78 is 16.2. The van der Waals surface area contributed by atoms with E-state index in [9.17, 15) is 25.3 Å². The van der Waals surface area contributed by atoms with Crippen LogP contribution in [0.15, 0.2) is 5.16 Å². The van der Waals surface area contributed by atoms with Gasteiger partial charge in [0.25, 0.3) is 0 Å². The van der Waals surface area contributed by atoms with Crippen LogP contribution >= 0.6 is 0 Å². The van der Waals surface area contributed by atoms with Crippen LogP contribution in [-0.2, 0) is 19.0 Å². The summed E-state index contributed by atoms with van der Waals surface area (Å²) in [6.07, 6.45) is 0.0927. The Morgan fingerprint density at radius 1 is 0.935 bits per heavy atom. The number of cyclic esters (lactones) is 1. The number of carbonyl (C=O) groups excluding carboxylic acids is 1. The fourth-order valence-electron chi connectivity index (χ4n) is 6.55. The monoisotopic (exact) mass is 658 g/mol. The number of esters is 1. The minimum atomic E-state index is -1.67. The maximum absolute atomic E-state index is 12.8. The standard InChI is InChI=1S/C23H43NO5.C8H16O3.C4H6.C2H6/c1-10-18-23(9,27)20(25)17(6)19(24-28)14(3)12-22(7,8)11-13(2)15(4)16(5)21(26)29-18;1-6-7(9)8(2,10-3)4-5-11-6;1-3-4-2;1-2/h13-18,20,25,27-28H,10-12H2,1-9H3;6-7,9H,4-5H2,1-3H3;1-2H3;1-2H3/b24-19+;;;/t13-,14-,15+,16?,17?,18-,20?,23-;6?,7-,8+;;/m10../s1. The molecule has 9 nitrogen and oxygen atoms in total. The number of carbonyl (C=O) groups is 1. The van der Waals surface area contributed by atoms with E-state index in [0.717, 1.165) is 19.3 Å². The first-order valence-electron chi connectivity index (χ1n) is 17.2. The molecule has 2 aliphatic heterocycles. The lowest BCUT2D eigenvalue weighted by Crippen LogP contribution is -2.56. The molecular formula is C37H71NO8. The topological polar surface area (TPSA) is 138 Å². The van der Waals surface area contributed by atoms with Crippen molar-refractivity contribution in [2.75, 3.05) is 13.7 Å². The van der Waals surface area contributed by atoms with E-state index in [-0.39, 0.29) is 35.2 Å². The summed E-state index contributed by atoms with van der Waals surface area (Å²) in [5.41, 5.74) is -1.68. The van der Waals surface area contributed by atoms with Crippen LogP contribution in [0.25, 0.3) is 0 Å². The maximum atomic E-state index is 12.8. The largest absolute Gasteiger partial charge is 0.459 e. The Balaban J connectivity index is 0. The van der Waals surface area contributed by atoms with E-state index in [0.29, 0.717) is 24.7 Å². The third kappa shape index (κ3) is 13.4. The predicted molar refractivity (Wildman–Crippen MR) is 187 cm³/mol. The Morgan fingerprint density at radius 2 is 1.46 bits per heavy atom. The van der Waals surface area contributed by atoms with Crippen molar-refractivity contribution < 1.29 is 39.5 Å². The Morgan fingerprint density at radius 3 is 1.87 bits per heavy atom. The molecule has 272 valence electrons. The zero-order valence-electron chi connectivity index (χ0n) is 32.1. The van der Waals surface area contributed by atoms with Gasteiger partial charge in [-0.15, -0.1) is 11.8 Å². The molecule has 9 heteroatoms. The average molecular weight is 658 g/mol. The summed E-state index contributed by atoms with van der Waals surface area (Å²) in [7, 11) is 1.63. The van der Waals surface area contributed by atoms with Crippen molar-refractivity contribution in [1.29, 1.82) is 0 Å². The second kappa shape index (κ2) is 21.3. The molecule has 4 N–H and O–H groups in total. The lowest BCUT2D eigenvalue weighted by molar-refractivity contribution is -0.188. The summed E-state index contributed by atoms with van der Waals surface area (Å²) in [4.78, 5) is 12.8. The van der Waals surface area contributed by atoms with E-state index in [1.807, 2.05) is 62.3 Å². The van der Waals surface area contributed by atoms with Crippen LogP contribution in [0.1, 0.15) is 130 Å². The number of ether oxygens (including phenoxy) is 3. The van der Waals surface area contributed by atoms with Gasteiger partial charge in [-0.05, 0) is 77.0 Å². The van der Waals surface area contributed by atoms with E-state index < -0.39 is 35.4 Å². The normalized spacial score (nSPS) is 39.2. The van der Waals surface area contributed by atoms with E-state index in [1.165, 1.54) is 6.92 Å². The number of hydrogen-bond donors (Lipinski definition) is 4. The highest BCUT2D eigenvalue weighted by atomic mass is 16.6. The minimum absolute atomic E-state index is 0.0457. The SMILES string of the molecule is CC.CC#CC.CC[C@H]1OC(=O)C(C)[C@@H](C)[C@H](C)CC(C)(C)C[C@@H](C)/C(=N\O)C(C)C(O)[C@]1(C)O.CO[C@]1(C)CCOC(C)[C@@H]1O. The van der Waals surface area contributed by atoms with Gasteiger partial charge >= 0.3 is 5.97 Å². The molecule has 46 heavy (non-hydrogen) atoms. The zero-order valence-corrected chi connectivity index (χ0v) is 32.1. The smallest absolute Gasteiger partial charge is 0.309 e. The van der Waals surface area contributed by atoms with Gasteiger partial charge < -0.3 is 34.7 Å². The molecule has 11 atom stereocenters. The highest BCUT2D eigenvalue weighted by Gasteiger charge is 2.46. The van der Waals surface area contributed by atoms with Crippen molar-refractivity contribution in [3.8, 4) is 11.8 Å². The van der Waals surface area contributed by atoms with Gasteiger partial charge in [-0.1, -0.05) is 74.4 Å². The fourth-order valence-corrected chi connectivity index (χ4v) is 6.55. The molecule has 0 aliphatic carbocycles. The molecular weight excluding hydrogens is 586 g/mol. The molecule has 4 unspecified atom stereocenters. The van der Waals surface area contributed by atoms with Gasteiger partial charge in [0.1, 0.15) is 17.8 Å². The Hall–Kier alpha value is -1.70. The first kappa shape index (κ1) is 46.4. The molecule has 2 aliphatic rings. The lowest BCUT2D eigenvalue weighted by Gasteiger charge is -2.41. The Kier molecular flexibility index (Phi) is 21.5. The number of nitrogens with zero attached hydrogens (tertiary/aromatic N) is 1. The third-order valence-corrected chi connectivity index (χ3v) is 10.00. The van der Waals surface area contributed by atoms with E-state index >= 15 is 0 Å². The maximum Gasteiger partial charge on any atom is 0.309 e.